The first-order chi connectivity index (χ1) is 50.8. The highest BCUT2D eigenvalue weighted by Crippen LogP contribution is 2.35. The molecule has 6 aromatic carbocycles. The van der Waals surface area contributed by atoms with Crippen LogP contribution in [0.15, 0.2) is 97.1 Å². The Kier molecular flexibility index (Phi) is 37.2. The van der Waals surface area contributed by atoms with Crippen LogP contribution in [-0.4, -0.2) is 75.0 Å². The molecule has 0 N–H and O–H groups in total. The molecule has 15 heteroatoms. The lowest BCUT2D eigenvalue weighted by Crippen LogP contribution is -2.06. The maximum Gasteiger partial charge on any atom is 0.305 e. The Balaban J connectivity index is 1.07. The van der Waals surface area contributed by atoms with E-state index in [4.69, 9.17) is 37.9 Å². The second kappa shape index (κ2) is 47.2. The summed E-state index contributed by atoms with van der Waals surface area (Å²) >= 11 is 1.50. The Hall–Kier alpha value is -9.28. The summed E-state index contributed by atoms with van der Waals surface area (Å²) in [5, 5.41) is 10.7. The van der Waals surface area contributed by atoms with Gasteiger partial charge in [-0.3, -0.25) is 9.59 Å². The summed E-state index contributed by atoms with van der Waals surface area (Å²) in [6, 6.07) is 30.5. The van der Waals surface area contributed by atoms with E-state index in [1.54, 1.807) is 13.0 Å². The molecule has 1 aromatic heterocycles. The number of hydrogen-bond acceptors (Lipinski definition) is 13. The van der Waals surface area contributed by atoms with Gasteiger partial charge < -0.3 is 37.9 Å². The molecule has 0 bridgehead atoms. The molecule has 7 aromatic rings. The molecular formula is C89H106F2N2O10S. The van der Waals surface area contributed by atoms with E-state index in [1.807, 2.05) is 87.5 Å². The number of halogens is 2. The van der Waals surface area contributed by atoms with Crippen LogP contribution in [0.4, 0.5) is 8.78 Å². The summed E-state index contributed by atoms with van der Waals surface area (Å²) in [4.78, 5) is 23.4. The SMILES string of the molecule is CCCCCCCOc1cc(C#Cc2cc(C)c(OCCCCC(=O)OCC)c(C)c2)c(OCCCCCCC)cc1C#Cc1ccc(-c2nnc(-c3ccc(C#Cc4cc(OCCCCC)c(C#Cc5ccc(OCCCCCCCC(=O)OCC)c(F)c5F)cc4OCCCCC)cc3)s2)cc1. The summed E-state index contributed by atoms with van der Waals surface area (Å²) in [6.07, 6.45) is 23.0. The fourth-order valence-corrected chi connectivity index (χ4v) is 12.2. The van der Waals surface area contributed by atoms with Crippen LogP contribution in [0.1, 0.15) is 258 Å². The molecule has 12 nitrogen and oxygen atoms in total. The van der Waals surface area contributed by atoms with Crippen molar-refractivity contribution in [1.82, 2.24) is 10.2 Å². The zero-order valence-electron chi connectivity index (χ0n) is 62.7. The van der Waals surface area contributed by atoms with Gasteiger partial charge in [-0.05, 0) is 139 Å². The van der Waals surface area contributed by atoms with Gasteiger partial charge in [-0.2, -0.15) is 4.39 Å². The highest BCUT2D eigenvalue weighted by Gasteiger charge is 2.18. The van der Waals surface area contributed by atoms with Crippen LogP contribution in [0, 0.1) is 72.8 Å². The average molecular weight is 1430 g/mol. The summed E-state index contributed by atoms with van der Waals surface area (Å²) in [7, 11) is 0. The Morgan fingerprint density at radius 2 is 0.673 bits per heavy atom. The first kappa shape index (κ1) is 82.0. The predicted molar refractivity (Wildman–Crippen MR) is 414 cm³/mol. The number of aryl methyl sites for hydroxylation is 2. The number of aromatic nitrogens is 2. The molecule has 0 unspecified atom stereocenters. The van der Waals surface area contributed by atoms with Crippen LogP contribution in [0.5, 0.6) is 34.5 Å². The highest BCUT2D eigenvalue weighted by atomic mass is 32.1. The van der Waals surface area contributed by atoms with Gasteiger partial charge in [0.25, 0.3) is 0 Å². The van der Waals surface area contributed by atoms with Crippen molar-refractivity contribution >= 4 is 23.3 Å². The van der Waals surface area contributed by atoms with Crippen LogP contribution in [0.25, 0.3) is 21.1 Å². The lowest BCUT2D eigenvalue weighted by Gasteiger charge is -2.14. The highest BCUT2D eigenvalue weighted by molar-refractivity contribution is 7.17. The maximum atomic E-state index is 15.6. The normalized spacial score (nSPS) is 10.7. The van der Waals surface area contributed by atoms with Gasteiger partial charge in [-0.1, -0.05) is 207 Å². The number of rotatable bonds is 43. The van der Waals surface area contributed by atoms with Crippen molar-refractivity contribution in [2.75, 3.05) is 52.9 Å². The number of ether oxygens (including phenoxy) is 8. The zero-order chi connectivity index (χ0) is 73.9. The predicted octanol–water partition coefficient (Wildman–Crippen LogP) is 21.6. The second-order valence-electron chi connectivity index (χ2n) is 25.9. The van der Waals surface area contributed by atoms with Crippen LogP contribution in [-0.2, 0) is 19.1 Å². The standard InChI is InChI=1S/C89H106F2N2O10S/c1-9-15-19-23-30-57-101-79-64-76(49-42-70-60-66(7)87(67(8)61-70)103-59-33-27-35-84(95)97-14-6)80(102-58-31-24-20-16-10-2)62-74(79)47-40-68-36-43-72(44-37-68)88-92-93-89(104-88)73-45-38-69(39-46-73)41-48-75-63-82(100-55-29-18-12-4)77(65-81(75)99-54-28-17-11-3)51-50-71-52-53-78(86(91)85(71)90)98-56-32-25-21-22-26-34-83(94)96-13-5/h36-39,43-46,52-53,60-65H,9-35,54-59H2,1-8H3. The largest absolute Gasteiger partial charge is 0.493 e. The van der Waals surface area contributed by atoms with Crippen LogP contribution < -0.4 is 28.4 Å². The lowest BCUT2D eigenvalue weighted by molar-refractivity contribution is -0.144. The molecule has 0 saturated heterocycles. The number of carbonyl (C=O) groups excluding carboxylic acids is 2. The topological polar surface area (TPSA) is 134 Å². The molecule has 7 rings (SSSR count). The van der Waals surface area contributed by atoms with Gasteiger partial charge in [-0.15, -0.1) is 10.2 Å². The zero-order valence-corrected chi connectivity index (χ0v) is 63.5. The van der Waals surface area contributed by atoms with Crippen molar-refractivity contribution in [3.05, 3.63) is 164 Å². The summed E-state index contributed by atoms with van der Waals surface area (Å²) in [5.41, 5.74) is 8.69. The first-order valence-electron chi connectivity index (χ1n) is 38.0. The van der Waals surface area contributed by atoms with Gasteiger partial charge in [0.05, 0.1) is 80.7 Å². The van der Waals surface area contributed by atoms with E-state index in [-0.39, 0.29) is 29.9 Å². The summed E-state index contributed by atoms with van der Waals surface area (Å²) in [5.74, 6) is 26.8. The van der Waals surface area contributed by atoms with E-state index in [0.717, 1.165) is 169 Å². The van der Waals surface area contributed by atoms with Gasteiger partial charge in [-0.25, -0.2) is 4.39 Å². The van der Waals surface area contributed by atoms with Crippen LogP contribution >= 0.6 is 11.3 Å². The maximum absolute atomic E-state index is 15.6. The minimum Gasteiger partial charge on any atom is -0.493 e. The molecule has 552 valence electrons. The molecule has 0 saturated carbocycles. The molecule has 0 amide bonds. The number of carbonyl (C=O) groups is 2. The Labute approximate surface area is 622 Å². The Morgan fingerprint density at radius 1 is 0.346 bits per heavy atom. The Bertz CT molecular complexity index is 4060. The van der Waals surface area contributed by atoms with Gasteiger partial charge in [0, 0.05) is 64.9 Å². The number of esters is 2. The molecule has 0 aliphatic heterocycles. The van der Waals surface area contributed by atoms with Crippen molar-refractivity contribution < 1.29 is 56.3 Å². The van der Waals surface area contributed by atoms with Crippen LogP contribution in [0.3, 0.4) is 0 Å². The van der Waals surface area contributed by atoms with E-state index >= 15 is 8.78 Å². The van der Waals surface area contributed by atoms with E-state index in [1.165, 1.54) is 55.6 Å². The molecule has 0 aliphatic carbocycles. The van der Waals surface area contributed by atoms with Gasteiger partial charge in [0.15, 0.2) is 11.6 Å². The van der Waals surface area contributed by atoms with Crippen molar-refractivity contribution in [2.45, 2.75) is 216 Å². The molecule has 104 heavy (non-hydrogen) atoms. The third-order valence-corrected chi connectivity index (χ3v) is 18.2. The van der Waals surface area contributed by atoms with E-state index in [2.05, 4.69) is 97.4 Å². The molecule has 0 aliphatic rings. The monoisotopic (exact) mass is 1430 g/mol. The van der Waals surface area contributed by atoms with E-state index < -0.39 is 11.6 Å². The van der Waals surface area contributed by atoms with Gasteiger partial charge in [0.2, 0.25) is 5.82 Å². The summed E-state index contributed by atoms with van der Waals surface area (Å²) < 4.78 is 78.8. The van der Waals surface area contributed by atoms with Crippen molar-refractivity contribution in [3.63, 3.8) is 0 Å². The second-order valence-corrected chi connectivity index (χ2v) is 26.8. The molecule has 0 fully saturated rings. The molecule has 0 radical (unpaired) electrons. The smallest absolute Gasteiger partial charge is 0.305 e. The number of benzene rings is 6. The van der Waals surface area contributed by atoms with Gasteiger partial charge in [0.1, 0.15) is 38.8 Å². The number of unbranched alkanes of at least 4 members (excludes halogenated alkanes) is 17. The molecular weight excluding hydrogens is 1330 g/mol. The van der Waals surface area contributed by atoms with Crippen molar-refractivity contribution in [2.24, 2.45) is 0 Å². The third-order valence-electron chi connectivity index (χ3n) is 17.2. The summed E-state index contributed by atoms with van der Waals surface area (Å²) in [6.45, 7) is 19.9. The average Bonchev–Trinajstić information content (AvgIpc) is 1.45. The fraction of sp³-hybridized carbons (Fsp3) is 0.461. The lowest BCUT2D eigenvalue weighted by atomic mass is 10.0. The quantitative estimate of drug-likeness (QED) is 0.0205. The van der Waals surface area contributed by atoms with Crippen LogP contribution in [0.2, 0.25) is 0 Å². The van der Waals surface area contributed by atoms with Crippen molar-refractivity contribution in [1.29, 1.82) is 0 Å². The first-order valence-corrected chi connectivity index (χ1v) is 38.8. The Morgan fingerprint density at radius 3 is 1.10 bits per heavy atom. The van der Waals surface area contributed by atoms with Crippen molar-refractivity contribution in [3.8, 4) is 103 Å². The molecule has 0 spiro atoms. The number of nitrogens with zero attached hydrogens (tertiary/aromatic N) is 2. The minimum absolute atomic E-state index is 0.114. The number of hydrogen-bond donors (Lipinski definition) is 0. The minimum atomic E-state index is -1.09. The van der Waals surface area contributed by atoms with E-state index in [9.17, 15) is 9.59 Å². The third kappa shape index (κ3) is 28.4. The molecule has 1 heterocycles. The fourth-order valence-electron chi connectivity index (χ4n) is 11.3. The van der Waals surface area contributed by atoms with E-state index in [0.29, 0.717) is 106 Å². The molecule has 0 atom stereocenters. The van der Waals surface area contributed by atoms with Gasteiger partial charge >= 0.3 is 11.9 Å².